The van der Waals surface area contributed by atoms with E-state index in [-0.39, 0.29) is 23.3 Å². The Hall–Kier alpha value is -1.60. The summed E-state index contributed by atoms with van der Waals surface area (Å²) in [5, 5.41) is 2.77. The van der Waals surface area contributed by atoms with Crippen LogP contribution >= 0.6 is 0 Å². The molecule has 7 heteroatoms. The van der Waals surface area contributed by atoms with Crippen LogP contribution in [0.15, 0.2) is 24.3 Å². The molecule has 0 aromatic heterocycles. The van der Waals surface area contributed by atoms with E-state index in [0.717, 1.165) is 11.3 Å². The maximum Gasteiger partial charge on any atom is 0.248 e. The minimum atomic E-state index is -2.91. The lowest BCUT2D eigenvalue weighted by molar-refractivity contribution is -0.132. The van der Waals surface area contributed by atoms with Crippen LogP contribution in [0.25, 0.3) is 0 Å². The summed E-state index contributed by atoms with van der Waals surface area (Å²) in [4.78, 5) is 12.0. The van der Waals surface area contributed by atoms with Gasteiger partial charge in [0, 0.05) is 6.54 Å². The molecule has 0 bridgehead atoms. The van der Waals surface area contributed by atoms with E-state index in [1.54, 1.807) is 14.0 Å². The van der Waals surface area contributed by atoms with Gasteiger partial charge in [-0.05, 0) is 37.0 Å². The van der Waals surface area contributed by atoms with Crippen LogP contribution < -0.4 is 10.1 Å². The van der Waals surface area contributed by atoms with Crippen molar-refractivity contribution in [2.45, 2.75) is 26.1 Å². The highest BCUT2D eigenvalue weighted by molar-refractivity contribution is 7.91. The number of sulfone groups is 1. The molecule has 0 saturated carbocycles. The Labute approximate surface area is 137 Å². The lowest BCUT2D eigenvalue weighted by atomic mass is 10.1. The van der Waals surface area contributed by atoms with Crippen molar-refractivity contribution in [1.82, 2.24) is 5.32 Å². The molecule has 1 aliphatic heterocycles. The van der Waals surface area contributed by atoms with Crippen LogP contribution in [0.5, 0.6) is 5.75 Å². The monoisotopic (exact) mass is 341 g/mol. The molecule has 1 N–H and O–H groups in total. The van der Waals surface area contributed by atoms with Crippen molar-refractivity contribution in [2.24, 2.45) is 5.92 Å². The van der Waals surface area contributed by atoms with Crippen LogP contribution in [0, 0.1) is 5.92 Å². The Bertz CT molecular complexity index is 644. The summed E-state index contributed by atoms with van der Waals surface area (Å²) in [6.45, 7) is 2.37. The first-order valence-electron chi connectivity index (χ1n) is 7.62. The third-order valence-corrected chi connectivity index (χ3v) is 5.73. The molecule has 128 valence electrons. The largest absolute Gasteiger partial charge is 0.497 e. The Morgan fingerprint density at radius 1 is 1.43 bits per heavy atom. The second kappa shape index (κ2) is 7.79. The fraction of sp³-hybridized carbons (Fsp3) is 0.562. The first-order chi connectivity index (χ1) is 10.9. The average molecular weight is 341 g/mol. The molecular weight excluding hydrogens is 318 g/mol. The topological polar surface area (TPSA) is 81.7 Å². The van der Waals surface area contributed by atoms with Crippen LogP contribution in [-0.4, -0.2) is 45.6 Å². The number of hydrogen-bond acceptors (Lipinski definition) is 5. The lowest BCUT2D eigenvalue weighted by Gasteiger charge is -2.15. The summed E-state index contributed by atoms with van der Waals surface area (Å²) in [5.74, 6) is 0.902. The fourth-order valence-electron chi connectivity index (χ4n) is 2.48. The van der Waals surface area contributed by atoms with Gasteiger partial charge in [0.05, 0.1) is 25.2 Å². The molecule has 1 saturated heterocycles. The molecule has 1 heterocycles. The van der Waals surface area contributed by atoms with Gasteiger partial charge >= 0.3 is 0 Å². The fourth-order valence-corrected chi connectivity index (χ4v) is 4.34. The highest BCUT2D eigenvalue weighted by atomic mass is 32.2. The summed E-state index contributed by atoms with van der Waals surface area (Å²) in [5.41, 5.74) is 0.922. The zero-order chi connectivity index (χ0) is 16.9. The molecule has 1 aromatic rings. The molecular formula is C16H23NO5S. The maximum absolute atomic E-state index is 12.0. The van der Waals surface area contributed by atoms with Crippen LogP contribution in [0.1, 0.15) is 18.9 Å². The molecule has 0 radical (unpaired) electrons. The zero-order valence-electron chi connectivity index (χ0n) is 13.4. The van der Waals surface area contributed by atoms with Crippen LogP contribution in [-0.2, 0) is 26.0 Å². The second-order valence-corrected chi connectivity index (χ2v) is 8.05. The van der Waals surface area contributed by atoms with Crippen LogP contribution in [0.3, 0.4) is 0 Å². The van der Waals surface area contributed by atoms with Crippen molar-refractivity contribution in [1.29, 1.82) is 0 Å². The minimum absolute atomic E-state index is 0.00883. The summed E-state index contributed by atoms with van der Waals surface area (Å²) in [6, 6.07) is 7.46. The number of carbonyl (C=O) groups is 1. The summed E-state index contributed by atoms with van der Waals surface area (Å²) < 4.78 is 33.5. The number of methoxy groups -OCH3 is 1. The maximum atomic E-state index is 12.0. The van der Waals surface area contributed by atoms with Crippen LogP contribution in [0.4, 0.5) is 0 Å². The molecule has 1 fully saturated rings. The van der Waals surface area contributed by atoms with Crippen molar-refractivity contribution in [3.8, 4) is 5.75 Å². The number of rotatable bonds is 7. The quantitative estimate of drug-likeness (QED) is 0.804. The Morgan fingerprint density at radius 3 is 2.87 bits per heavy atom. The molecule has 1 aliphatic rings. The van der Waals surface area contributed by atoms with Gasteiger partial charge in [0.1, 0.15) is 11.9 Å². The Balaban J connectivity index is 1.74. The van der Waals surface area contributed by atoms with Gasteiger partial charge in [-0.25, -0.2) is 8.42 Å². The smallest absolute Gasteiger partial charge is 0.248 e. The van der Waals surface area contributed by atoms with Crippen molar-refractivity contribution < 1.29 is 22.7 Å². The molecule has 0 aliphatic carbocycles. The van der Waals surface area contributed by atoms with Crippen molar-refractivity contribution >= 4 is 15.7 Å². The van der Waals surface area contributed by atoms with Gasteiger partial charge < -0.3 is 14.8 Å². The SMILES string of the molecule is COc1cccc(CO[C@@H](C)C(=O)NC[C@@H]2CCS(=O)(=O)C2)c1. The summed E-state index contributed by atoms with van der Waals surface area (Å²) in [7, 11) is -1.31. The number of hydrogen-bond donors (Lipinski definition) is 1. The van der Waals surface area contributed by atoms with E-state index < -0.39 is 15.9 Å². The summed E-state index contributed by atoms with van der Waals surface area (Å²) in [6.07, 6.45) is 0.0148. The van der Waals surface area contributed by atoms with E-state index in [0.29, 0.717) is 19.6 Å². The van der Waals surface area contributed by atoms with Crippen LogP contribution in [0.2, 0.25) is 0 Å². The van der Waals surface area contributed by atoms with Crippen molar-refractivity contribution in [3.63, 3.8) is 0 Å². The zero-order valence-corrected chi connectivity index (χ0v) is 14.3. The first-order valence-corrected chi connectivity index (χ1v) is 9.44. The number of ether oxygens (including phenoxy) is 2. The standard InChI is InChI=1S/C16H23NO5S/c1-12(22-10-13-4-3-5-15(8-13)21-2)16(18)17-9-14-6-7-23(19,20)11-14/h3-5,8,12,14H,6-7,9-11H2,1-2H3,(H,17,18)/t12-,14-/m0/s1. The highest BCUT2D eigenvalue weighted by Gasteiger charge is 2.28. The van der Waals surface area contributed by atoms with E-state index in [1.165, 1.54) is 0 Å². The second-order valence-electron chi connectivity index (χ2n) is 5.82. The van der Waals surface area contributed by atoms with E-state index in [4.69, 9.17) is 9.47 Å². The summed E-state index contributed by atoms with van der Waals surface area (Å²) >= 11 is 0. The van der Waals surface area contributed by atoms with Gasteiger partial charge in [-0.2, -0.15) is 0 Å². The Morgan fingerprint density at radius 2 is 2.22 bits per heavy atom. The molecule has 1 aromatic carbocycles. The number of amides is 1. The van der Waals surface area contributed by atoms with E-state index in [2.05, 4.69) is 5.32 Å². The van der Waals surface area contributed by atoms with Crippen molar-refractivity contribution in [2.75, 3.05) is 25.2 Å². The average Bonchev–Trinajstić information content (AvgIpc) is 2.89. The molecule has 6 nitrogen and oxygen atoms in total. The predicted molar refractivity (Wildman–Crippen MR) is 87.0 cm³/mol. The number of benzene rings is 1. The third-order valence-electron chi connectivity index (χ3n) is 3.90. The molecule has 23 heavy (non-hydrogen) atoms. The predicted octanol–water partition coefficient (Wildman–Crippen LogP) is 1.15. The van der Waals surface area contributed by atoms with Gasteiger partial charge in [-0.15, -0.1) is 0 Å². The van der Waals surface area contributed by atoms with Gasteiger partial charge in [-0.3, -0.25) is 4.79 Å². The molecule has 1 amide bonds. The first kappa shape index (κ1) is 17.7. The molecule has 2 atom stereocenters. The van der Waals surface area contributed by atoms with Gasteiger partial charge in [0.15, 0.2) is 9.84 Å². The molecule has 2 rings (SSSR count). The van der Waals surface area contributed by atoms with E-state index in [9.17, 15) is 13.2 Å². The van der Waals surface area contributed by atoms with Gasteiger partial charge in [0.2, 0.25) is 5.91 Å². The van der Waals surface area contributed by atoms with Crippen molar-refractivity contribution in [3.05, 3.63) is 29.8 Å². The third kappa shape index (κ3) is 5.51. The number of carbonyl (C=O) groups excluding carboxylic acids is 1. The van der Waals surface area contributed by atoms with Gasteiger partial charge in [0.25, 0.3) is 0 Å². The van der Waals surface area contributed by atoms with Gasteiger partial charge in [-0.1, -0.05) is 12.1 Å². The normalized spacial score (nSPS) is 20.9. The Kier molecular flexibility index (Phi) is 6.01. The van der Waals surface area contributed by atoms with E-state index in [1.807, 2.05) is 24.3 Å². The molecule has 0 unspecified atom stereocenters. The van der Waals surface area contributed by atoms with E-state index >= 15 is 0 Å². The number of nitrogens with one attached hydrogen (secondary N) is 1. The highest BCUT2D eigenvalue weighted by Crippen LogP contribution is 2.17. The lowest BCUT2D eigenvalue weighted by Crippen LogP contribution is -2.37. The molecule has 0 spiro atoms. The minimum Gasteiger partial charge on any atom is -0.497 e.